The normalized spacial score (nSPS) is 18.9. The van der Waals surface area contributed by atoms with Gasteiger partial charge in [0.2, 0.25) is 10.0 Å². The highest BCUT2D eigenvalue weighted by Crippen LogP contribution is 2.35. The van der Waals surface area contributed by atoms with Crippen molar-refractivity contribution in [2.24, 2.45) is 5.41 Å². The molecule has 4 nitrogen and oxygen atoms in total. The van der Waals surface area contributed by atoms with Gasteiger partial charge in [-0.2, -0.15) is 0 Å². The molecule has 0 aromatic heterocycles. The number of benzene rings is 1. The molecule has 20 heavy (non-hydrogen) atoms. The predicted molar refractivity (Wildman–Crippen MR) is 81.9 cm³/mol. The number of aliphatic hydroxyl groups excluding tert-OH is 1. The number of halogens is 1. The largest absolute Gasteiger partial charge is 0.396 e. The second kappa shape index (κ2) is 6.56. The molecule has 1 aromatic carbocycles. The van der Waals surface area contributed by atoms with Crippen LogP contribution in [0.4, 0.5) is 0 Å². The molecule has 2 N–H and O–H groups in total. The summed E-state index contributed by atoms with van der Waals surface area (Å²) in [6, 6.07) is 6.75. The lowest BCUT2D eigenvalue weighted by atomic mass is 9.75. The Morgan fingerprint density at radius 3 is 2.45 bits per heavy atom. The van der Waals surface area contributed by atoms with Crippen molar-refractivity contribution in [1.82, 2.24) is 4.72 Å². The lowest BCUT2D eigenvalue weighted by Gasteiger charge is -2.35. The summed E-state index contributed by atoms with van der Waals surface area (Å²) in [5.74, 6) is 0. The van der Waals surface area contributed by atoms with Crippen LogP contribution in [-0.2, 0) is 10.0 Å². The minimum Gasteiger partial charge on any atom is -0.396 e. The van der Waals surface area contributed by atoms with Gasteiger partial charge in [0.05, 0.1) is 4.90 Å². The lowest BCUT2D eigenvalue weighted by molar-refractivity contribution is 0.0867. The summed E-state index contributed by atoms with van der Waals surface area (Å²) < 4.78 is 27.9. The van der Waals surface area contributed by atoms with Gasteiger partial charge in [0.15, 0.2) is 0 Å². The van der Waals surface area contributed by atoms with Crippen LogP contribution in [0.2, 0.25) is 0 Å². The molecule has 1 fully saturated rings. The third kappa shape index (κ3) is 3.61. The second-order valence-corrected chi connectivity index (χ2v) is 8.06. The van der Waals surface area contributed by atoms with Gasteiger partial charge in [-0.3, -0.25) is 0 Å². The summed E-state index contributed by atoms with van der Waals surface area (Å²) >= 11 is 3.26. The molecule has 0 amide bonds. The average Bonchev–Trinajstić information content (AvgIpc) is 2.47. The minimum absolute atomic E-state index is 0.0332. The summed E-state index contributed by atoms with van der Waals surface area (Å²) in [5.41, 5.74) is -0.299. The minimum atomic E-state index is -3.55. The van der Waals surface area contributed by atoms with Gasteiger partial charge in [0, 0.05) is 23.0 Å². The molecule has 0 aliphatic heterocycles. The SMILES string of the molecule is O=S(=O)(NCC1(CO)CCCCC1)c1ccccc1Br. The molecule has 1 aromatic rings. The van der Waals surface area contributed by atoms with Crippen LogP contribution in [0.3, 0.4) is 0 Å². The maximum Gasteiger partial charge on any atom is 0.241 e. The lowest BCUT2D eigenvalue weighted by Crippen LogP contribution is -2.41. The molecule has 2 rings (SSSR count). The van der Waals surface area contributed by atoms with Crippen LogP contribution < -0.4 is 4.72 Å². The van der Waals surface area contributed by atoms with Gasteiger partial charge in [-0.05, 0) is 40.9 Å². The smallest absolute Gasteiger partial charge is 0.241 e. The van der Waals surface area contributed by atoms with E-state index in [1.54, 1.807) is 24.3 Å². The van der Waals surface area contributed by atoms with Crippen molar-refractivity contribution in [2.45, 2.75) is 37.0 Å². The van der Waals surface area contributed by atoms with E-state index in [4.69, 9.17) is 0 Å². The molecular weight excluding hydrogens is 342 g/mol. The molecule has 1 saturated carbocycles. The maximum atomic E-state index is 12.3. The molecule has 112 valence electrons. The molecule has 0 atom stereocenters. The van der Waals surface area contributed by atoms with E-state index in [2.05, 4.69) is 20.7 Å². The molecule has 0 bridgehead atoms. The van der Waals surface area contributed by atoms with E-state index < -0.39 is 10.0 Å². The van der Waals surface area contributed by atoms with Crippen molar-refractivity contribution in [3.05, 3.63) is 28.7 Å². The molecule has 0 unspecified atom stereocenters. The van der Waals surface area contributed by atoms with Crippen LogP contribution in [0.15, 0.2) is 33.6 Å². The standard InChI is InChI=1S/C14H20BrNO3S/c15-12-6-2-3-7-13(12)20(18,19)16-10-14(11-17)8-4-1-5-9-14/h2-3,6-7,16-17H,1,4-5,8-11H2. The summed E-state index contributed by atoms with van der Waals surface area (Å²) in [5, 5.41) is 9.62. The highest BCUT2D eigenvalue weighted by atomic mass is 79.9. The summed E-state index contributed by atoms with van der Waals surface area (Å²) in [6.07, 6.45) is 5.03. The number of hydrogen-bond acceptors (Lipinski definition) is 3. The van der Waals surface area contributed by atoms with Gasteiger partial charge >= 0.3 is 0 Å². The van der Waals surface area contributed by atoms with E-state index in [1.165, 1.54) is 6.42 Å². The molecule has 6 heteroatoms. The number of rotatable bonds is 5. The number of hydrogen-bond donors (Lipinski definition) is 2. The number of nitrogens with one attached hydrogen (secondary N) is 1. The van der Waals surface area contributed by atoms with E-state index in [-0.39, 0.29) is 16.9 Å². The predicted octanol–water partition coefficient (Wildman–Crippen LogP) is 2.67. The first-order valence-electron chi connectivity index (χ1n) is 6.84. The van der Waals surface area contributed by atoms with Gasteiger partial charge < -0.3 is 5.11 Å². The zero-order valence-corrected chi connectivity index (χ0v) is 13.7. The summed E-state index contributed by atoms with van der Waals surface area (Å²) in [4.78, 5) is 0.240. The van der Waals surface area contributed by atoms with Gasteiger partial charge in [0.25, 0.3) is 0 Å². The first-order valence-corrected chi connectivity index (χ1v) is 9.12. The van der Waals surface area contributed by atoms with Crippen LogP contribution >= 0.6 is 15.9 Å². The second-order valence-electron chi connectivity index (χ2n) is 5.47. The molecule has 0 radical (unpaired) electrons. The van der Waals surface area contributed by atoms with E-state index in [0.717, 1.165) is 25.7 Å². The highest BCUT2D eigenvalue weighted by molar-refractivity contribution is 9.10. The van der Waals surface area contributed by atoms with Crippen molar-refractivity contribution in [3.63, 3.8) is 0 Å². The van der Waals surface area contributed by atoms with E-state index in [0.29, 0.717) is 11.0 Å². The summed E-state index contributed by atoms with van der Waals surface area (Å²) in [7, 11) is -3.55. The van der Waals surface area contributed by atoms with Gasteiger partial charge in [-0.1, -0.05) is 31.4 Å². The molecule has 1 aliphatic carbocycles. The fourth-order valence-electron chi connectivity index (χ4n) is 2.68. The van der Waals surface area contributed by atoms with Crippen LogP contribution in [-0.4, -0.2) is 26.7 Å². The van der Waals surface area contributed by atoms with Crippen molar-refractivity contribution in [3.8, 4) is 0 Å². The van der Waals surface area contributed by atoms with E-state index in [1.807, 2.05) is 0 Å². The molecule has 0 saturated heterocycles. The van der Waals surface area contributed by atoms with E-state index in [9.17, 15) is 13.5 Å². The monoisotopic (exact) mass is 361 g/mol. The zero-order chi connectivity index (χ0) is 14.6. The Bertz CT molecular complexity index is 553. The van der Waals surface area contributed by atoms with Gasteiger partial charge in [0.1, 0.15) is 0 Å². The Morgan fingerprint density at radius 1 is 1.20 bits per heavy atom. The Kier molecular flexibility index (Phi) is 5.23. The summed E-state index contributed by atoms with van der Waals surface area (Å²) in [6.45, 7) is 0.332. The molecule has 0 heterocycles. The first-order chi connectivity index (χ1) is 9.49. The van der Waals surface area contributed by atoms with Crippen molar-refractivity contribution in [2.75, 3.05) is 13.2 Å². The van der Waals surface area contributed by atoms with Crippen molar-refractivity contribution >= 4 is 26.0 Å². The molecular formula is C14H20BrNO3S. The molecule has 0 spiro atoms. The third-order valence-electron chi connectivity index (χ3n) is 4.01. The highest BCUT2D eigenvalue weighted by Gasteiger charge is 2.33. The number of aliphatic hydroxyl groups is 1. The number of sulfonamides is 1. The topological polar surface area (TPSA) is 66.4 Å². The maximum absolute atomic E-state index is 12.3. The van der Waals surface area contributed by atoms with Crippen molar-refractivity contribution < 1.29 is 13.5 Å². The quantitative estimate of drug-likeness (QED) is 0.846. The molecule has 1 aliphatic rings. The van der Waals surface area contributed by atoms with Crippen LogP contribution in [0.5, 0.6) is 0 Å². The first kappa shape index (κ1) is 15.9. The van der Waals surface area contributed by atoms with E-state index >= 15 is 0 Å². The van der Waals surface area contributed by atoms with Gasteiger partial charge in [-0.25, -0.2) is 13.1 Å². The van der Waals surface area contributed by atoms with Crippen LogP contribution in [0.1, 0.15) is 32.1 Å². The van der Waals surface area contributed by atoms with Crippen molar-refractivity contribution in [1.29, 1.82) is 0 Å². The fraction of sp³-hybridized carbons (Fsp3) is 0.571. The zero-order valence-electron chi connectivity index (χ0n) is 11.3. The Hall–Kier alpha value is -0.430. The van der Waals surface area contributed by atoms with Gasteiger partial charge in [-0.15, -0.1) is 0 Å². The third-order valence-corrected chi connectivity index (χ3v) is 6.43. The Morgan fingerprint density at radius 2 is 1.85 bits per heavy atom. The van der Waals surface area contributed by atoms with Crippen LogP contribution in [0.25, 0.3) is 0 Å². The average molecular weight is 362 g/mol. The Balaban J connectivity index is 2.11. The Labute approximate surface area is 128 Å². The fourth-order valence-corrected chi connectivity index (χ4v) is 4.84. The van der Waals surface area contributed by atoms with Crippen LogP contribution in [0, 0.1) is 5.41 Å².